The van der Waals surface area contributed by atoms with E-state index in [0.29, 0.717) is 34.5 Å². The van der Waals surface area contributed by atoms with Gasteiger partial charge >= 0.3 is 0 Å². The first-order valence-electron chi connectivity index (χ1n) is 7.90. The van der Waals surface area contributed by atoms with Crippen LogP contribution >= 0.6 is 24.0 Å². The lowest BCUT2D eigenvalue weighted by atomic mass is 10.0. The fourth-order valence-corrected chi connectivity index (χ4v) is 2.22. The minimum atomic E-state index is -0.581. The van der Waals surface area contributed by atoms with Crippen molar-refractivity contribution in [3.8, 4) is 5.75 Å². The van der Waals surface area contributed by atoms with Gasteiger partial charge in [0.15, 0.2) is 5.78 Å². The number of rotatable bonds is 8. The molecular weight excluding hydrogens is 361 g/mol. The molecule has 0 radical (unpaired) electrons. The number of benzene rings is 2. The molecule has 2 aromatic carbocycles. The summed E-state index contributed by atoms with van der Waals surface area (Å²) in [4.78, 5) is 12.4. The van der Waals surface area contributed by atoms with E-state index in [1.807, 2.05) is 13.8 Å². The molecule has 25 heavy (non-hydrogen) atoms. The van der Waals surface area contributed by atoms with Crippen LogP contribution in [-0.4, -0.2) is 36.2 Å². The maximum atomic E-state index is 12.4. The number of aliphatic hydroxyl groups excluding tert-OH is 1. The highest BCUT2D eigenvalue weighted by atomic mass is 35.5. The van der Waals surface area contributed by atoms with E-state index in [0.717, 1.165) is 0 Å². The van der Waals surface area contributed by atoms with Crippen LogP contribution in [0.3, 0.4) is 0 Å². The van der Waals surface area contributed by atoms with Crippen molar-refractivity contribution in [1.29, 1.82) is 0 Å². The Morgan fingerprint density at radius 3 is 2.12 bits per heavy atom. The standard InChI is InChI=1S/C19H22ClNO3.ClH/c1-13(2)21-11-17(22)12-24-18-9-5-15(6-10-18)19(23)14-3-7-16(20)8-4-14;/h3-10,13,17,21-22H,11-12H2,1-2H3;1H. The smallest absolute Gasteiger partial charge is 0.193 e. The number of nitrogens with one attached hydrogen (secondary N) is 1. The Morgan fingerprint density at radius 2 is 1.60 bits per heavy atom. The largest absolute Gasteiger partial charge is 0.491 e. The summed E-state index contributed by atoms with van der Waals surface area (Å²) < 4.78 is 5.54. The monoisotopic (exact) mass is 383 g/mol. The third kappa shape index (κ3) is 7.04. The Labute approximate surface area is 159 Å². The molecule has 6 heteroatoms. The van der Waals surface area contributed by atoms with E-state index >= 15 is 0 Å². The molecule has 0 aliphatic carbocycles. The SMILES string of the molecule is CC(C)NCC(O)COc1ccc(C(=O)c2ccc(Cl)cc2)cc1.Cl. The number of ketones is 1. The highest BCUT2D eigenvalue weighted by Gasteiger charge is 2.10. The number of hydrogen-bond acceptors (Lipinski definition) is 4. The summed E-state index contributed by atoms with van der Waals surface area (Å²) in [7, 11) is 0. The number of ether oxygens (including phenoxy) is 1. The molecule has 0 heterocycles. The van der Waals surface area contributed by atoms with Crippen LogP contribution in [0.15, 0.2) is 48.5 Å². The topological polar surface area (TPSA) is 58.6 Å². The molecule has 0 aliphatic rings. The van der Waals surface area contributed by atoms with Gasteiger partial charge in [-0.25, -0.2) is 0 Å². The zero-order chi connectivity index (χ0) is 17.5. The zero-order valence-electron chi connectivity index (χ0n) is 14.2. The van der Waals surface area contributed by atoms with E-state index in [9.17, 15) is 9.90 Å². The minimum absolute atomic E-state index is 0. The van der Waals surface area contributed by atoms with E-state index in [1.165, 1.54) is 0 Å². The molecule has 0 aliphatic heterocycles. The number of halogens is 2. The van der Waals surface area contributed by atoms with Gasteiger partial charge in [-0.2, -0.15) is 0 Å². The Bertz CT molecular complexity index is 657. The molecule has 0 amide bonds. The first kappa shape index (κ1) is 21.5. The third-order valence-corrected chi connectivity index (χ3v) is 3.68. The maximum absolute atomic E-state index is 12.4. The molecule has 0 bridgehead atoms. The van der Waals surface area contributed by atoms with E-state index < -0.39 is 6.10 Å². The van der Waals surface area contributed by atoms with Gasteiger partial charge in [-0.15, -0.1) is 12.4 Å². The summed E-state index contributed by atoms with van der Waals surface area (Å²) in [6, 6.07) is 14.0. The van der Waals surface area contributed by atoms with Gasteiger partial charge in [-0.3, -0.25) is 4.79 Å². The van der Waals surface area contributed by atoms with E-state index in [4.69, 9.17) is 16.3 Å². The molecule has 0 saturated heterocycles. The van der Waals surface area contributed by atoms with Crippen LogP contribution in [0.2, 0.25) is 5.02 Å². The number of hydrogen-bond donors (Lipinski definition) is 2. The highest BCUT2D eigenvalue weighted by Crippen LogP contribution is 2.17. The molecule has 2 rings (SSSR count). The molecule has 0 fully saturated rings. The van der Waals surface area contributed by atoms with Crippen molar-refractivity contribution in [2.45, 2.75) is 26.0 Å². The van der Waals surface area contributed by atoms with Crippen molar-refractivity contribution < 1.29 is 14.6 Å². The first-order chi connectivity index (χ1) is 11.5. The highest BCUT2D eigenvalue weighted by molar-refractivity contribution is 6.30. The summed E-state index contributed by atoms with van der Waals surface area (Å²) in [5.74, 6) is 0.547. The van der Waals surface area contributed by atoms with Crippen LogP contribution in [0.1, 0.15) is 29.8 Å². The van der Waals surface area contributed by atoms with Crippen LogP contribution in [0.4, 0.5) is 0 Å². The van der Waals surface area contributed by atoms with E-state index in [-0.39, 0.29) is 24.8 Å². The van der Waals surface area contributed by atoms with E-state index in [2.05, 4.69) is 5.32 Å². The van der Waals surface area contributed by atoms with Gasteiger partial charge in [0, 0.05) is 28.7 Å². The lowest BCUT2D eigenvalue weighted by Gasteiger charge is -2.15. The Kier molecular flexibility index (Phi) is 8.93. The van der Waals surface area contributed by atoms with Crippen molar-refractivity contribution in [1.82, 2.24) is 5.32 Å². The second kappa shape index (κ2) is 10.4. The van der Waals surface area contributed by atoms with Gasteiger partial charge in [-0.1, -0.05) is 25.4 Å². The average molecular weight is 384 g/mol. The fourth-order valence-electron chi connectivity index (χ4n) is 2.09. The number of carbonyl (C=O) groups is 1. The lowest BCUT2D eigenvalue weighted by Crippen LogP contribution is -2.35. The van der Waals surface area contributed by atoms with Crippen molar-refractivity contribution in [2.75, 3.05) is 13.2 Å². The van der Waals surface area contributed by atoms with Crippen molar-refractivity contribution in [2.24, 2.45) is 0 Å². The Hall–Kier alpha value is -1.59. The summed E-state index contributed by atoms with van der Waals surface area (Å²) >= 11 is 5.83. The minimum Gasteiger partial charge on any atom is -0.491 e. The van der Waals surface area contributed by atoms with Gasteiger partial charge in [0.2, 0.25) is 0 Å². The van der Waals surface area contributed by atoms with Gasteiger partial charge in [0.25, 0.3) is 0 Å². The van der Waals surface area contributed by atoms with Gasteiger partial charge in [-0.05, 0) is 48.5 Å². The molecule has 2 N–H and O–H groups in total. The van der Waals surface area contributed by atoms with Crippen LogP contribution < -0.4 is 10.1 Å². The molecule has 1 unspecified atom stereocenters. The molecule has 0 saturated carbocycles. The summed E-state index contributed by atoms with van der Waals surface area (Å²) in [6.45, 7) is 4.71. The second-order valence-corrected chi connectivity index (χ2v) is 6.32. The van der Waals surface area contributed by atoms with Crippen LogP contribution in [-0.2, 0) is 0 Å². The lowest BCUT2D eigenvalue weighted by molar-refractivity contribution is 0.103. The Morgan fingerprint density at radius 1 is 1.08 bits per heavy atom. The summed E-state index contributed by atoms with van der Waals surface area (Å²) in [5.41, 5.74) is 1.16. The van der Waals surface area contributed by atoms with Crippen molar-refractivity contribution in [3.05, 3.63) is 64.7 Å². The average Bonchev–Trinajstić information content (AvgIpc) is 2.58. The summed E-state index contributed by atoms with van der Waals surface area (Å²) in [5, 5.41) is 13.6. The van der Waals surface area contributed by atoms with Crippen LogP contribution in [0.25, 0.3) is 0 Å². The van der Waals surface area contributed by atoms with E-state index in [1.54, 1.807) is 48.5 Å². The number of aliphatic hydroxyl groups is 1. The van der Waals surface area contributed by atoms with Crippen LogP contribution in [0, 0.1) is 0 Å². The molecule has 0 spiro atoms. The molecule has 0 aromatic heterocycles. The molecule has 4 nitrogen and oxygen atoms in total. The van der Waals surface area contributed by atoms with Gasteiger partial charge < -0.3 is 15.2 Å². The predicted octanol–water partition coefficient (Wildman–Crippen LogP) is 3.73. The quantitative estimate of drug-likeness (QED) is 0.681. The van der Waals surface area contributed by atoms with Crippen molar-refractivity contribution >= 4 is 29.8 Å². The normalized spacial score (nSPS) is 11.7. The second-order valence-electron chi connectivity index (χ2n) is 5.89. The maximum Gasteiger partial charge on any atom is 0.193 e. The number of carbonyl (C=O) groups excluding carboxylic acids is 1. The Balaban J connectivity index is 0.00000312. The van der Waals surface area contributed by atoms with Crippen LogP contribution in [0.5, 0.6) is 5.75 Å². The molecule has 2 aromatic rings. The molecule has 136 valence electrons. The molecule has 1 atom stereocenters. The zero-order valence-corrected chi connectivity index (χ0v) is 15.8. The van der Waals surface area contributed by atoms with Crippen molar-refractivity contribution in [3.63, 3.8) is 0 Å². The third-order valence-electron chi connectivity index (χ3n) is 3.43. The van der Waals surface area contributed by atoms with Gasteiger partial charge in [0.1, 0.15) is 18.5 Å². The fraction of sp³-hybridized carbons (Fsp3) is 0.316. The summed E-state index contributed by atoms with van der Waals surface area (Å²) in [6.07, 6.45) is -0.581. The first-order valence-corrected chi connectivity index (χ1v) is 8.28. The predicted molar refractivity (Wildman–Crippen MR) is 103 cm³/mol. The van der Waals surface area contributed by atoms with Gasteiger partial charge in [0.05, 0.1) is 0 Å². The molecular formula is C19H23Cl2NO3.